The van der Waals surface area contributed by atoms with E-state index in [-0.39, 0.29) is 21.7 Å². The molecular formula is C23H19BrN2O3S. The van der Waals surface area contributed by atoms with E-state index in [1.54, 1.807) is 24.3 Å². The van der Waals surface area contributed by atoms with E-state index in [1.165, 1.54) is 0 Å². The van der Waals surface area contributed by atoms with Crippen LogP contribution in [0.15, 0.2) is 97.7 Å². The van der Waals surface area contributed by atoms with Crippen LogP contribution < -0.4 is 5.32 Å². The maximum absolute atomic E-state index is 13.3. The Morgan fingerprint density at radius 1 is 0.933 bits per heavy atom. The zero-order valence-electron chi connectivity index (χ0n) is 16.2. The molecule has 0 radical (unpaired) electrons. The Labute approximate surface area is 183 Å². The van der Waals surface area contributed by atoms with Gasteiger partial charge in [-0.05, 0) is 52.7 Å². The molecule has 1 N–H and O–H groups in total. The highest BCUT2D eigenvalue weighted by Gasteiger charge is 2.29. The quantitative estimate of drug-likeness (QED) is 0.372. The average molecular weight is 483 g/mol. The molecule has 1 heterocycles. The van der Waals surface area contributed by atoms with Gasteiger partial charge >= 0.3 is 0 Å². The fourth-order valence-corrected chi connectivity index (χ4v) is 4.69. The number of aryl methyl sites for hydroxylation is 1. The number of sulfone groups is 1. The molecule has 0 unspecified atom stereocenters. The molecule has 4 rings (SSSR count). The minimum absolute atomic E-state index is 0.116. The van der Waals surface area contributed by atoms with E-state index in [4.69, 9.17) is 4.42 Å². The zero-order chi connectivity index (χ0) is 21.1. The van der Waals surface area contributed by atoms with Crippen molar-refractivity contribution >= 4 is 31.7 Å². The molecule has 0 amide bonds. The first-order chi connectivity index (χ1) is 14.4. The summed E-state index contributed by atoms with van der Waals surface area (Å²) in [6, 6.07) is 23.7. The number of benzene rings is 3. The smallest absolute Gasteiger partial charge is 0.234 e. The van der Waals surface area contributed by atoms with Gasteiger partial charge in [-0.1, -0.05) is 60.2 Å². The van der Waals surface area contributed by atoms with E-state index in [9.17, 15) is 8.42 Å². The molecule has 0 saturated carbocycles. The lowest BCUT2D eigenvalue weighted by Crippen LogP contribution is -2.07. The standard InChI is InChI=1S/C23H19BrN2O3S/c1-16-11-13-18(14-12-16)30(27,28)23-22(25-15-17-7-3-2-4-8-17)29-21(26-23)19-9-5-6-10-20(19)24/h2-14,25H,15H2,1H3. The molecular weight excluding hydrogens is 464 g/mol. The van der Waals surface area contributed by atoms with Gasteiger partial charge in [0.1, 0.15) is 0 Å². The number of rotatable bonds is 6. The van der Waals surface area contributed by atoms with Crippen LogP contribution in [0.2, 0.25) is 0 Å². The molecule has 0 spiro atoms. The van der Waals surface area contributed by atoms with E-state index >= 15 is 0 Å². The highest BCUT2D eigenvalue weighted by atomic mass is 79.9. The van der Waals surface area contributed by atoms with Crippen LogP contribution >= 0.6 is 15.9 Å². The molecule has 1 aromatic heterocycles. The molecule has 0 aliphatic carbocycles. The Balaban J connectivity index is 1.79. The SMILES string of the molecule is Cc1ccc(S(=O)(=O)c2nc(-c3ccccc3Br)oc2NCc2ccccc2)cc1. The summed E-state index contributed by atoms with van der Waals surface area (Å²) in [5, 5.41) is 2.97. The van der Waals surface area contributed by atoms with E-state index in [0.717, 1.165) is 15.6 Å². The van der Waals surface area contributed by atoms with Gasteiger partial charge < -0.3 is 9.73 Å². The van der Waals surface area contributed by atoms with Crippen molar-refractivity contribution in [1.82, 2.24) is 4.98 Å². The summed E-state index contributed by atoms with van der Waals surface area (Å²) in [4.78, 5) is 4.55. The molecule has 7 heteroatoms. The van der Waals surface area contributed by atoms with Gasteiger partial charge in [0, 0.05) is 11.0 Å². The molecule has 0 saturated heterocycles. The van der Waals surface area contributed by atoms with Crippen molar-refractivity contribution in [3.63, 3.8) is 0 Å². The molecule has 4 aromatic rings. The fraction of sp³-hybridized carbons (Fsp3) is 0.0870. The maximum Gasteiger partial charge on any atom is 0.234 e. The van der Waals surface area contributed by atoms with Crippen LogP contribution in [0.25, 0.3) is 11.5 Å². The van der Waals surface area contributed by atoms with Crippen molar-refractivity contribution < 1.29 is 12.8 Å². The molecule has 0 aliphatic heterocycles. The summed E-state index contributed by atoms with van der Waals surface area (Å²) in [7, 11) is -3.87. The number of halogens is 1. The predicted molar refractivity (Wildman–Crippen MR) is 120 cm³/mol. The minimum atomic E-state index is -3.87. The van der Waals surface area contributed by atoms with E-state index in [2.05, 4.69) is 26.2 Å². The number of anilines is 1. The second-order valence-corrected chi connectivity index (χ2v) is 9.51. The monoisotopic (exact) mass is 482 g/mol. The zero-order valence-corrected chi connectivity index (χ0v) is 18.6. The predicted octanol–water partition coefficient (Wildman–Crippen LogP) is 5.86. The summed E-state index contributed by atoms with van der Waals surface area (Å²) in [5.74, 6) is 0.342. The Morgan fingerprint density at radius 3 is 2.30 bits per heavy atom. The van der Waals surface area contributed by atoms with Crippen molar-refractivity contribution in [3.8, 4) is 11.5 Å². The van der Waals surface area contributed by atoms with Gasteiger partial charge in [0.2, 0.25) is 26.6 Å². The van der Waals surface area contributed by atoms with Crippen LogP contribution in [0.3, 0.4) is 0 Å². The molecule has 3 aromatic carbocycles. The minimum Gasteiger partial charge on any atom is -0.419 e. The summed E-state index contributed by atoms with van der Waals surface area (Å²) >= 11 is 3.48. The largest absolute Gasteiger partial charge is 0.419 e. The third kappa shape index (κ3) is 4.17. The second-order valence-electron chi connectivity index (χ2n) is 6.79. The average Bonchev–Trinajstić information content (AvgIpc) is 3.18. The van der Waals surface area contributed by atoms with Crippen LogP contribution in [-0.2, 0) is 16.4 Å². The number of hydrogen-bond donors (Lipinski definition) is 1. The Kier molecular flexibility index (Phi) is 5.74. The van der Waals surface area contributed by atoms with E-state index in [1.807, 2.05) is 61.5 Å². The van der Waals surface area contributed by atoms with Gasteiger partial charge in [-0.3, -0.25) is 0 Å². The second kappa shape index (κ2) is 8.45. The number of aromatic nitrogens is 1. The van der Waals surface area contributed by atoms with Crippen LogP contribution in [0.4, 0.5) is 5.88 Å². The van der Waals surface area contributed by atoms with Crippen molar-refractivity contribution in [1.29, 1.82) is 0 Å². The van der Waals surface area contributed by atoms with Crippen molar-refractivity contribution in [3.05, 3.63) is 94.5 Å². The van der Waals surface area contributed by atoms with E-state index in [0.29, 0.717) is 12.1 Å². The van der Waals surface area contributed by atoms with Crippen LogP contribution in [0, 0.1) is 6.92 Å². The molecule has 0 bridgehead atoms. The van der Waals surface area contributed by atoms with Crippen LogP contribution in [0.1, 0.15) is 11.1 Å². The fourth-order valence-electron chi connectivity index (χ4n) is 2.96. The van der Waals surface area contributed by atoms with Gasteiger partial charge in [-0.25, -0.2) is 8.42 Å². The first-order valence-corrected chi connectivity index (χ1v) is 11.6. The lowest BCUT2D eigenvalue weighted by molar-refractivity contribution is 0.576. The van der Waals surface area contributed by atoms with Gasteiger partial charge in [-0.15, -0.1) is 0 Å². The lowest BCUT2D eigenvalue weighted by atomic mass is 10.2. The van der Waals surface area contributed by atoms with Crippen molar-refractivity contribution in [2.45, 2.75) is 23.4 Å². The molecule has 152 valence electrons. The third-order valence-electron chi connectivity index (χ3n) is 4.58. The summed E-state index contributed by atoms with van der Waals surface area (Å²) in [6.07, 6.45) is 0. The summed E-state index contributed by atoms with van der Waals surface area (Å²) < 4.78 is 33.3. The van der Waals surface area contributed by atoms with Gasteiger partial charge in [0.15, 0.2) is 0 Å². The number of nitrogens with one attached hydrogen (secondary N) is 1. The first-order valence-electron chi connectivity index (χ1n) is 9.30. The highest BCUT2D eigenvalue weighted by molar-refractivity contribution is 9.10. The summed E-state index contributed by atoms with van der Waals surface area (Å²) in [6.45, 7) is 2.31. The van der Waals surface area contributed by atoms with Gasteiger partial charge in [0.25, 0.3) is 0 Å². The molecule has 0 fully saturated rings. The lowest BCUT2D eigenvalue weighted by Gasteiger charge is -2.06. The topological polar surface area (TPSA) is 72.2 Å². The Hall–Kier alpha value is -2.90. The normalized spacial score (nSPS) is 11.4. The Morgan fingerprint density at radius 2 is 1.60 bits per heavy atom. The van der Waals surface area contributed by atoms with Crippen molar-refractivity contribution in [2.24, 2.45) is 0 Å². The molecule has 30 heavy (non-hydrogen) atoms. The maximum atomic E-state index is 13.3. The molecule has 5 nitrogen and oxygen atoms in total. The number of hydrogen-bond acceptors (Lipinski definition) is 5. The van der Waals surface area contributed by atoms with Gasteiger partial charge in [0.05, 0.1) is 10.5 Å². The van der Waals surface area contributed by atoms with Crippen LogP contribution in [0.5, 0.6) is 0 Å². The number of nitrogens with zero attached hydrogens (tertiary/aromatic N) is 1. The first kappa shape index (κ1) is 20.4. The third-order valence-corrected chi connectivity index (χ3v) is 6.95. The van der Waals surface area contributed by atoms with Crippen molar-refractivity contribution in [2.75, 3.05) is 5.32 Å². The highest BCUT2D eigenvalue weighted by Crippen LogP contribution is 2.35. The summed E-state index contributed by atoms with van der Waals surface area (Å²) in [5.41, 5.74) is 2.64. The van der Waals surface area contributed by atoms with Crippen LogP contribution in [-0.4, -0.2) is 13.4 Å². The van der Waals surface area contributed by atoms with E-state index < -0.39 is 9.84 Å². The molecule has 0 atom stereocenters. The number of oxazole rings is 1. The Bertz CT molecular complexity index is 1270. The molecule has 0 aliphatic rings. The van der Waals surface area contributed by atoms with Gasteiger partial charge in [-0.2, -0.15) is 4.98 Å².